The number of hydrogen-bond donors (Lipinski definition) is 2. The van der Waals surface area contributed by atoms with Gasteiger partial charge in [0, 0.05) is 47.6 Å². The molecule has 3 aromatic carbocycles. The molecule has 0 fully saturated rings. The molecule has 2 N–H and O–H groups in total. The van der Waals surface area contributed by atoms with Gasteiger partial charge in [0.25, 0.3) is 11.5 Å². The number of alkyl halides is 3. The van der Waals surface area contributed by atoms with E-state index in [-0.39, 0.29) is 17.1 Å². The van der Waals surface area contributed by atoms with Gasteiger partial charge in [0.05, 0.1) is 23.6 Å². The van der Waals surface area contributed by atoms with Crippen molar-refractivity contribution in [3.8, 4) is 34.2 Å². The molecule has 0 spiro atoms. The van der Waals surface area contributed by atoms with Crippen LogP contribution in [0.2, 0.25) is 0 Å². The number of rotatable bonds is 7. The first-order valence-corrected chi connectivity index (χ1v) is 13.0. The first-order valence-electron chi connectivity index (χ1n) is 13.0. The molecular weight excluding hydrogens is 603 g/mol. The van der Waals surface area contributed by atoms with Crippen LogP contribution in [0.5, 0.6) is 17.4 Å². The summed E-state index contributed by atoms with van der Waals surface area (Å²) in [5.41, 5.74) is 0.0203. The molecular formula is C30H19F5N6O4. The van der Waals surface area contributed by atoms with Crippen molar-refractivity contribution in [1.82, 2.24) is 24.5 Å². The Hall–Kier alpha value is -5.99. The number of carbonyl (C=O) groups is 1. The van der Waals surface area contributed by atoms with Gasteiger partial charge in [0.1, 0.15) is 17.1 Å². The SMILES string of the molecule is Cn1ncc2cc(Oc3ccc(NC(=O)c4ccc(OC(F)(F)F)n(-c5ccc(F)cc5)c4=O)cc3F)c(-c3cn[nH]c3)cc21. The average molecular weight is 623 g/mol. The molecule has 1 amide bonds. The second kappa shape index (κ2) is 11.3. The van der Waals surface area contributed by atoms with Gasteiger partial charge in [-0.2, -0.15) is 10.2 Å². The van der Waals surface area contributed by atoms with E-state index in [1.54, 1.807) is 36.4 Å². The minimum absolute atomic E-state index is 0.0778. The molecule has 10 nitrogen and oxygen atoms in total. The molecule has 3 heterocycles. The maximum absolute atomic E-state index is 15.3. The van der Waals surface area contributed by atoms with Crippen LogP contribution in [0.3, 0.4) is 0 Å². The number of fused-ring (bicyclic) bond motifs is 1. The summed E-state index contributed by atoms with van der Waals surface area (Å²) < 4.78 is 79.8. The average Bonchev–Trinajstić information content (AvgIpc) is 3.64. The molecule has 0 radical (unpaired) electrons. The number of amides is 1. The van der Waals surface area contributed by atoms with Crippen molar-refractivity contribution in [2.45, 2.75) is 6.36 Å². The van der Waals surface area contributed by atoms with Gasteiger partial charge in [-0.25, -0.2) is 13.3 Å². The van der Waals surface area contributed by atoms with Crippen molar-refractivity contribution in [2.75, 3.05) is 5.32 Å². The fourth-order valence-corrected chi connectivity index (χ4v) is 4.59. The van der Waals surface area contributed by atoms with Crippen LogP contribution in [0.25, 0.3) is 27.7 Å². The maximum Gasteiger partial charge on any atom is 0.574 e. The smallest absolute Gasteiger partial charge is 0.454 e. The minimum Gasteiger partial charge on any atom is -0.454 e. The van der Waals surface area contributed by atoms with Crippen molar-refractivity contribution in [3.63, 3.8) is 0 Å². The second-order valence-corrected chi connectivity index (χ2v) is 9.61. The van der Waals surface area contributed by atoms with Gasteiger partial charge in [0.2, 0.25) is 5.88 Å². The molecule has 0 saturated heterocycles. The highest BCUT2D eigenvalue weighted by Crippen LogP contribution is 2.37. The Bertz CT molecular complexity index is 2110. The van der Waals surface area contributed by atoms with Crippen LogP contribution < -0.4 is 20.3 Å². The van der Waals surface area contributed by atoms with Crippen molar-refractivity contribution < 1.29 is 36.2 Å². The summed E-state index contributed by atoms with van der Waals surface area (Å²) in [6, 6.07) is 12.6. The predicted octanol–water partition coefficient (Wildman–Crippen LogP) is 6.34. The number of hydrogen-bond acceptors (Lipinski definition) is 6. The number of aromatic amines is 1. The van der Waals surface area contributed by atoms with Crippen LogP contribution in [0.1, 0.15) is 10.4 Å². The highest BCUT2D eigenvalue weighted by molar-refractivity contribution is 6.04. The molecule has 6 rings (SSSR count). The lowest BCUT2D eigenvalue weighted by molar-refractivity contribution is -0.276. The first-order chi connectivity index (χ1) is 21.5. The molecule has 15 heteroatoms. The Morgan fingerprint density at radius 1 is 0.956 bits per heavy atom. The van der Waals surface area contributed by atoms with Gasteiger partial charge >= 0.3 is 6.36 Å². The summed E-state index contributed by atoms with van der Waals surface area (Å²) in [7, 11) is 1.78. The summed E-state index contributed by atoms with van der Waals surface area (Å²) in [6.07, 6.45) is -0.318. The molecule has 3 aromatic heterocycles. The number of pyridine rings is 1. The van der Waals surface area contributed by atoms with E-state index in [9.17, 15) is 27.2 Å². The van der Waals surface area contributed by atoms with Gasteiger partial charge in [0.15, 0.2) is 11.6 Å². The molecule has 0 saturated carbocycles. The Kier molecular flexibility index (Phi) is 7.28. The molecule has 0 aliphatic rings. The molecule has 0 atom stereocenters. The summed E-state index contributed by atoms with van der Waals surface area (Å²) in [5, 5.41) is 14.0. The third kappa shape index (κ3) is 5.95. The number of carbonyl (C=O) groups excluding carboxylic acids is 1. The maximum atomic E-state index is 15.3. The van der Waals surface area contributed by atoms with E-state index in [0.29, 0.717) is 21.4 Å². The van der Waals surface area contributed by atoms with Crippen molar-refractivity contribution in [1.29, 1.82) is 0 Å². The van der Waals surface area contributed by atoms with Gasteiger partial charge in [-0.05, 0) is 54.6 Å². The number of H-pyrrole nitrogens is 1. The van der Waals surface area contributed by atoms with E-state index in [4.69, 9.17) is 4.74 Å². The quantitative estimate of drug-likeness (QED) is 0.201. The third-order valence-corrected chi connectivity index (χ3v) is 6.66. The number of anilines is 1. The van der Waals surface area contributed by atoms with Gasteiger partial charge in [-0.1, -0.05) is 0 Å². The monoisotopic (exact) mass is 622 g/mol. The summed E-state index contributed by atoms with van der Waals surface area (Å²) in [6.45, 7) is 0. The van der Waals surface area contributed by atoms with Crippen LogP contribution in [0, 0.1) is 11.6 Å². The first kappa shape index (κ1) is 29.1. The highest BCUT2D eigenvalue weighted by Gasteiger charge is 2.33. The normalized spacial score (nSPS) is 11.5. The van der Waals surface area contributed by atoms with Crippen molar-refractivity contribution in [2.24, 2.45) is 7.05 Å². The Morgan fingerprint density at radius 2 is 1.73 bits per heavy atom. The van der Waals surface area contributed by atoms with E-state index in [1.807, 2.05) is 6.07 Å². The van der Waals surface area contributed by atoms with E-state index in [0.717, 1.165) is 53.4 Å². The zero-order valence-corrected chi connectivity index (χ0v) is 22.9. The largest absolute Gasteiger partial charge is 0.574 e. The highest BCUT2D eigenvalue weighted by atomic mass is 19.4. The number of aromatic nitrogens is 5. The minimum atomic E-state index is -5.16. The van der Waals surface area contributed by atoms with Crippen LogP contribution >= 0.6 is 0 Å². The number of benzene rings is 3. The van der Waals surface area contributed by atoms with Crippen LogP contribution in [-0.4, -0.2) is 36.8 Å². The fraction of sp³-hybridized carbons (Fsp3) is 0.0667. The fourth-order valence-electron chi connectivity index (χ4n) is 4.59. The predicted molar refractivity (Wildman–Crippen MR) is 151 cm³/mol. The molecule has 0 bridgehead atoms. The van der Waals surface area contributed by atoms with Gasteiger partial charge in [-0.3, -0.25) is 19.4 Å². The van der Waals surface area contributed by atoms with Crippen molar-refractivity contribution >= 4 is 22.5 Å². The topological polar surface area (TPSA) is 116 Å². The lowest BCUT2D eigenvalue weighted by Gasteiger charge is -2.16. The Morgan fingerprint density at radius 3 is 2.42 bits per heavy atom. The zero-order valence-electron chi connectivity index (χ0n) is 22.9. The molecule has 0 unspecified atom stereocenters. The van der Waals surface area contributed by atoms with Crippen LogP contribution in [0.4, 0.5) is 27.6 Å². The molecule has 0 aliphatic heterocycles. The molecule has 6 aromatic rings. The molecule has 228 valence electrons. The molecule has 45 heavy (non-hydrogen) atoms. The summed E-state index contributed by atoms with van der Waals surface area (Å²) in [5.74, 6) is -3.46. The van der Waals surface area contributed by atoms with Crippen LogP contribution in [0.15, 0.2) is 90.1 Å². The standard InChI is InChI=1S/C30H19F5N6O4/c1-40-24-12-22(17-13-36-37-14-17)26(10-16(24)15-38-40)44-25-8-4-19(11-23(25)32)39-28(42)21-7-9-27(45-30(33,34)35)41(29(21)43)20-5-2-18(31)3-6-20/h2-15H,1H3,(H,36,37)(H,39,42). The number of nitrogens with one attached hydrogen (secondary N) is 2. The number of aryl methyl sites for hydroxylation is 1. The van der Waals surface area contributed by atoms with E-state index in [2.05, 4.69) is 25.3 Å². The van der Waals surface area contributed by atoms with E-state index >= 15 is 4.39 Å². The zero-order chi connectivity index (χ0) is 31.9. The number of halogens is 5. The van der Waals surface area contributed by atoms with E-state index in [1.165, 1.54) is 12.1 Å². The van der Waals surface area contributed by atoms with Crippen molar-refractivity contribution in [3.05, 3.63) is 113 Å². The van der Waals surface area contributed by atoms with Gasteiger partial charge < -0.3 is 14.8 Å². The summed E-state index contributed by atoms with van der Waals surface area (Å²) >= 11 is 0. The number of nitrogens with zero attached hydrogens (tertiary/aromatic N) is 4. The summed E-state index contributed by atoms with van der Waals surface area (Å²) in [4.78, 5) is 26.2. The Balaban J connectivity index is 1.29. The number of ether oxygens (including phenoxy) is 2. The third-order valence-electron chi connectivity index (χ3n) is 6.66. The van der Waals surface area contributed by atoms with E-state index < -0.39 is 40.9 Å². The Labute approximate surface area is 249 Å². The lowest BCUT2D eigenvalue weighted by atomic mass is 10.1. The van der Waals surface area contributed by atoms with Gasteiger partial charge in [-0.15, -0.1) is 13.2 Å². The second-order valence-electron chi connectivity index (χ2n) is 9.61. The molecule has 0 aliphatic carbocycles. The van der Waals surface area contributed by atoms with Crippen LogP contribution in [-0.2, 0) is 7.05 Å². The lowest BCUT2D eigenvalue weighted by Crippen LogP contribution is -2.31.